The first-order chi connectivity index (χ1) is 9.66. The number of benzene rings is 1. The van der Waals surface area contributed by atoms with Crippen molar-refractivity contribution >= 4 is 5.97 Å². The van der Waals surface area contributed by atoms with Crippen molar-refractivity contribution in [2.45, 2.75) is 25.8 Å². The first-order valence-electron chi connectivity index (χ1n) is 6.64. The molecule has 0 amide bonds. The van der Waals surface area contributed by atoms with Crippen molar-refractivity contribution < 1.29 is 9.90 Å². The van der Waals surface area contributed by atoms with Crippen LogP contribution in [0.25, 0.3) is 0 Å². The topological polar surface area (TPSA) is 59.3 Å². The smallest absolute Gasteiger partial charge is 0.341 e. The third-order valence-corrected chi connectivity index (χ3v) is 3.18. The Morgan fingerprint density at radius 3 is 2.55 bits per heavy atom. The third-order valence-electron chi connectivity index (χ3n) is 3.18. The van der Waals surface area contributed by atoms with E-state index < -0.39 is 11.4 Å². The van der Waals surface area contributed by atoms with Gasteiger partial charge >= 0.3 is 5.97 Å². The van der Waals surface area contributed by atoms with Crippen LogP contribution in [0.4, 0.5) is 0 Å². The zero-order valence-corrected chi connectivity index (χ0v) is 11.2. The Labute approximate surface area is 117 Å². The summed E-state index contributed by atoms with van der Waals surface area (Å²) >= 11 is 0. The molecule has 1 aromatic carbocycles. The monoisotopic (exact) mass is 271 g/mol. The molecular formula is C16H17NO3. The molecule has 20 heavy (non-hydrogen) atoms. The van der Waals surface area contributed by atoms with E-state index in [0.717, 1.165) is 19.3 Å². The van der Waals surface area contributed by atoms with Gasteiger partial charge in [0, 0.05) is 25.0 Å². The highest BCUT2D eigenvalue weighted by Gasteiger charge is 2.07. The maximum absolute atomic E-state index is 11.3. The van der Waals surface area contributed by atoms with E-state index in [2.05, 4.69) is 12.1 Å². The van der Waals surface area contributed by atoms with E-state index in [1.54, 1.807) is 10.8 Å². The summed E-state index contributed by atoms with van der Waals surface area (Å²) in [7, 11) is 0. The normalized spacial score (nSPS) is 10.4. The second kappa shape index (κ2) is 6.70. The minimum absolute atomic E-state index is 0.171. The Balaban J connectivity index is 1.87. The summed E-state index contributed by atoms with van der Waals surface area (Å²) in [6.07, 6.45) is 6.02. The maximum Gasteiger partial charge on any atom is 0.341 e. The van der Waals surface area contributed by atoms with Crippen LogP contribution < -0.4 is 5.43 Å². The quantitative estimate of drug-likeness (QED) is 0.821. The van der Waals surface area contributed by atoms with Gasteiger partial charge in [0.25, 0.3) is 0 Å². The van der Waals surface area contributed by atoms with Crippen molar-refractivity contribution in [2.75, 3.05) is 0 Å². The average Bonchev–Trinajstić information content (AvgIpc) is 2.46. The zero-order valence-electron chi connectivity index (χ0n) is 11.2. The number of carbonyl (C=O) groups is 1. The van der Waals surface area contributed by atoms with Crippen molar-refractivity contribution in [1.29, 1.82) is 0 Å². The molecule has 1 N–H and O–H groups in total. The largest absolute Gasteiger partial charge is 0.477 e. The number of carboxylic acids is 1. The number of nitrogens with zero attached hydrogens (tertiary/aromatic N) is 1. The molecule has 4 nitrogen and oxygen atoms in total. The van der Waals surface area contributed by atoms with Crippen molar-refractivity contribution in [3.63, 3.8) is 0 Å². The number of hydrogen-bond acceptors (Lipinski definition) is 2. The summed E-state index contributed by atoms with van der Waals surface area (Å²) in [6.45, 7) is 0.716. The molecule has 104 valence electrons. The van der Waals surface area contributed by atoms with Crippen LogP contribution in [-0.4, -0.2) is 15.6 Å². The van der Waals surface area contributed by atoms with Gasteiger partial charge < -0.3 is 9.67 Å². The molecule has 0 atom stereocenters. The van der Waals surface area contributed by atoms with Crippen LogP contribution in [0.3, 0.4) is 0 Å². The summed E-state index contributed by atoms with van der Waals surface area (Å²) in [6, 6.07) is 11.5. The zero-order chi connectivity index (χ0) is 14.4. The molecule has 0 aliphatic carbocycles. The summed E-state index contributed by atoms with van der Waals surface area (Å²) in [5.74, 6) is -1.17. The van der Waals surface area contributed by atoms with E-state index >= 15 is 0 Å². The van der Waals surface area contributed by atoms with Crippen molar-refractivity contribution in [1.82, 2.24) is 4.57 Å². The average molecular weight is 271 g/mol. The van der Waals surface area contributed by atoms with Crippen LogP contribution in [0.2, 0.25) is 0 Å². The summed E-state index contributed by atoms with van der Waals surface area (Å²) in [5.41, 5.74) is 0.687. The molecular weight excluding hydrogens is 254 g/mol. The van der Waals surface area contributed by atoms with Gasteiger partial charge in [-0.2, -0.15) is 0 Å². The third kappa shape index (κ3) is 3.82. The Kier molecular flexibility index (Phi) is 4.71. The first kappa shape index (κ1) is 14.1. The second-order valence-corrected chi connectivity index (χ2v) is 4.71. The standard InChI is InChI=1S/C16H17NO3/c18-15-9-11-17(12-14(15)16(19)20)10-5-4-8-13-6-2-1-3-7-13/h1-3,6-7,9,11-12H,4-5,8,10H2,(H,19,20). The van der Waals surface area contributed by atoms with Gasteiger partial charge in [-0.15, -0.1) is 0 Å². The lowest BCUT2D eigenvalue weighted by Crippen LogP contribution is -2.16. The number of aryl methyl sites for hydroxylation is 2. The van der Waals surface area contributed by atoms with Crippen LogP contribution in [0.1, 0.15) is 28.8 Å². The molecule has 1 aromatic heterocycles. The van der Waals surface area contributed by atoms with Crippen LogP contribution in [0.15, 0.2) is 53.6 Å². The number of hydrogen-bond donors (Lipinski definition) is 1. The molecule has 0 radical (unpaired) electrons. The molecule has 4 heteroatoms. The van der Waals surface area contributed by atoms with Crippen molar-refractivity contribution in [3.05, 3.63) is 70.1 Å². The minimum atomic E-state index is -1.17. The molecule has 2 rings (SSSR count). The van der Waals surface area contributed by atoms with Crippen LogP contribution in [-0.2, 0) is 13.0 Å². The van der Waals surface area contributed by atoms with Gasteiger partial charge in [0.15, 0.2) is 5.43 Å². The van der Waals surface area contributed by atoms with E-state index in [0.29, 0.717) is 6.54 Å². The van der Waals surface area contributed by atoms with E-state index in [1.807, 2.05) is 18.2 Å². The first-order valence-corrected chi connectivity index (χ1v) is 6.64. The molecule has 0 saturated carbocycles. The number of carboxylic acid groups (broad SMARTS) is 1. The molecule has 0 aliphatic heterocycles. The van der Waals surface area contributed by atoms with Gasteiger partial charge in [0.05, 0.1) is 0 Å². The highest BCUT2D eigenvalue weighted by atomic mass is 16.4. The molecule has 1 heterocycles. The highest BCUT2D eigenvalue weighted by molar-refractivity contribution is 5.86. The lowest BCUT2D eigenvalue weighted by Gasteiger charge is -2.07. The Hall–Kier alpha value is -2.36. The van der Waals surface area contributed by atoms with E-state index in [9.17, 15) is 9.59 Å². The van der Waals surface area contributed by atoms with Gasteiger partial charge in [-0.3, -0.25) is 4.79 Å². The molecule has 0 saturated heterocycles. The van der Waals surface area contributed by atoms with E-state index in [1.165, 1.54) is 17.8 Å². The number of aromatic nitrogens is 1. The van der Waals surface area contributed by atoms with Gasteiger partial charge in [-0.05, 0) is 24.8 Å². The fraction of sp³-hybridized carbons (Fsp3) is 0.250. The lowest BCUT2D eigenvalue weighted by atomic mass is 10.1. The predicted molar refractivity (Wildman–Crippen MR) is 77.0 cm³/mol. The Morgan fingerprint density at radius 1 is 1.10 bits per heavy atom. The van der Waals surface area contributed by atoms with Gasteiger partial charge in [0.1, 0.15) is 5.56 Å². The lowest BCUT2D eigenvalue weighted by molar-refractivity contribution is 0.0694. The summed E-state index contributed by atoms with van der Waals surface area (Å²) in [5, 5.41) is 8.90. The summed E-state index contributed by atoms with van der Waals surface area (Å²) < 4.78 is 1.76. The molecule has 2 aromatic rings. The second-order valence-electron chi connectivity index (χ2n) is 4.71. The van der Waals surface area contributed by atoms with Crippen LogP contribution >= 0.6 is 0 Å². The van der Waals surface area contributed by atoms with Gasteiger partial charge in [0.2, 0.25) is 0 Å². The van der Waals surface area contributed by atoms with E-state index in [-0.39, 0.29) is 5.56 Å². The van der Waals surface area contributed by atoms with Crippen LogP contribution in [0.5, 0.6) is 0 Å². The molecule has 0 fully saturated rings. The highest BCUT2D eigenvalue weighted by Crippen LogP contribution is 2.05. The SMILES string of the molecule is O=C(O)c1cn(CCCCc2ccccc2)ccc1=O. The molecule has 0 bridgehead atoms. The summed E-state index contributed by atoms with van der Waals surface area (Å²) in [4.78, 5) is 22.2. The van der Waals surface area contributed by atoms with Crippen molar-refractivity contribution in [3.8, 4) is 0 Å². The van der Waals surface area contributed by atoms with Crippen LogP contribution in [0, 0.1) is 0 Å². The molecule has 0 unspecified atom stereocenters. The molecule has 0 spiro atoms. The fourth-order valence-corrected chi connectivity index (χ4v) is 2.09. The number of pyridine rings is 1. The Morgan fingerprint density at radius 2 is 1.85 bits per heavy atom. The Bertz CT molecular complexity index is 632. The van der Waals surface area contributed by atoms with Gasteiger partial charge in [-0.1, -0.05) is 30.3 Å². The van der Waals surface area contributed by atoms with Crippen molar-refractivity contribution in [2.24, 2.45) is 0 Å². The minimum Gasteiger partial charge on any atom is -0.477 e. The van der Waals surface area contributed by atoms with E-state index in [4.69, 9.17) is 5.11 Å². The number of unbranched alkanes of at least 4 members (excludes halogenated alkanes) is 1. The molecule has 0 aliphatic rings. The van der Waals surface area contributed by atoms with Gasteiger partial charge in [-0.25, -0.2) is 4.79 Å². The number of aromatic carboxylic acids is 1. The number of rotatable bonds is 6. The predicted octanol–water partition coefficient (Wildman–Crippen LogP) is 2.57. The maximum atomic E-state index is 11.3. The fourth-order valence-electron chi connectivity index (χ4n) is 2.09.